The lowest BCUT2D eigenvalue weighted by Crippen LogP contribution is -2.36. The van der Waals surface area contributed by atoms with Crippen LogP contribution in [-0.4, -0.2) is 34.9 Å². The number of hydrogen-bond donors (Lipinski definition) is 1. The number of likely N-dealkylation sites (tertiary alicyclic amines) is 1. The predicted molar refractivity (Wildman–Crippen MR) is 93.5 cm³/mol. The molecule has 0 atom stereocenters. The van der Waals surface area contributed by atoms with Crippen LogP contribution in [0.15, 0.2) is 53.4 Å². The zero-order valence-electron chi connectivity index (χ0n) is 13.1. The minimum Gasteiger partial charge on any atom is -0.507 e. The molecule has 23 heavy (non-hydrogen) atoms. The second-order valence-corrected chi connectivity index (χ2v) is 7.31. The lowest BCUT2D eigenvalue weighted by Gasteiger charge is -2.31. The molecule has 0 saturated carbocycles. The van der Waals surface area contributed by atoms with Gasteiger partial charge in [-0.3, -0.25) is 0 Å². The molecule has 2 nitrogen and oxygen atoms in total. The van der Waals surface area contributed by atoms with E-state index in [4.69, 9.17) is 0 Å². The summed E-state index contributed by atoms with van der Waals surface area (Å²) < 4.78 is 13.6. The molecule has 1 aliphatic heterocycles. The fourth-order valence-corrected chi connectivity index (χ4v) is 4.12. The molecule has 2 aromatic rings. The van der Waals surface area contributed by atoms with Gasteiger partial charge >= 0.3 is 0 Å². The number of halogens is 1. The van der Waals surface area contributed by atoms with Crippen molar-refractivity contribution in [1.82, 2.24) is 4.90 Å². The van der Waals surface area contributed by atoms with E-state index in [1.54, 1.807) is 23.9 Å². The van der Waals surface area contributed by atoms with E-state index >= 15 is 0 Å². The minimum atomic E-state index is -0.0995. The Morgan fingerprint density at radius 3 is 2.48 bits per heavy atom. The molecule has 0 unspecified atom stereocenters. The number of hydrogen-bond acceptors (Lipinski definition) is 3. The Morgan fingerprint density at radius 1 is 1.04 bits per heavy atom. The molecule has 0 amide bonds. The molecule has 3 rings (SSSR count). The zero-order chi connectivity index (χ0) is 16.1. The Balaban J connectivity index is 1.45. The van der Waals surface area contributed by atoms with Gasteiger partial charge in [-0.15, -0.1) is 11.8 Å². The van der Waals surface area contributed by atoms with Crippen molar-refractivity contribution < 1.29 is 9.50 Å². The average molecular weight is 331 g/mol. The summed E-state index contributed by atoms with van der Waals surface area (Å²) in [5.41, 5.74) is 0.804. The monoisotopic (exact) mass is 331 g/mol. The number of para-hydroxylation sites is 1. The fourth-order valence-electron chi connectivity index (χ4n) is 2.97. The van der Waals surface area contributed by atoms with Gasteiger partial charge in [0.15, 0.2) is 0 Å². The van der Waals surface area contributed by atoms with Gasteiger partial charge in [-0.25, -0.2) is 4.39 Å². The second-order valence-electron chi connectivity index (χ2n) is 5.97. The smallest absolute Gasteiger partial charge is 0.129 e. The first kappa shape index (κ1) is 16.3. The van der Waals surface area contributed by atoms with Crippen LogP contribution < -0.4 is 0 Å². The summed E-state index contributed by atoms with van der Waals surface area (Å²) in [6, 6.07) is 14.6. The average Bonchev–Trinajstić information content (AvgIpc) is 2.57. The second kappa shape index (κ2) is 7.84. The number of benzene rings is 2. The third kappa shape index (κ3) is 4.49. The van der Waals surface area contributed by atoms with Crippen LogP contribution in [0.1, 0.15) is 18.4 Å². The van der Waals surface area contributed by atoms with Gasteiger partial charge in [-0.2, -0.15) is 0 Å². The van der Waals surface area contributed by atoms with Gasteiger partial charge in [-0.05, 0) is 56.1 Å². The minimum absolute atomic E-state index is 0.0995. The van der Waals surface area contributed by atoms with Gasteiger partial charge in [-0.1, -0.05) is 30.3 Å². The Labute approximate surface area is 141 Å². The number of rotatable bonds is 5. The van der Waals surface area contributed by atoms with E-state index in [1.165, 1.54) is 6.07 Å². The highest BCUT2D eigenvalue weighted by Crippen LogP contribution is 2.35. The normalized spacial score (nSPS) is 16.6. The van der Waals surface area contributed by atoms with E-state index in [-0.39, 0.29) is 5.82 Å². The number of thioether (sulfide) groups is 1. The fraction of sp³-hybridized carbons (Fsp3) is 0.368. The molecule has 2 aromatic carbocycles. The van der Waals surface area contributed by atoms with Gasteiger partial charge in [0, 0.05) is 16.7 Å². The summed E-state index contributed by atoms with van der Waals surface area (Å²) in [6.07, 6.45) is 2.98. The molecule has 1 aliphatic rings. The summed E-state index contributed by atoms with van der Waals surface area (Å²) in [4.78, 5) is 3.38. The first-order valence-electron chi connectivity index (χ1n) is 8.13. The van der Waals surface area contributed by atoms with E-state index in [9.17, 15) is 9.50 Å². The molecule has 0 radical (unpaired) electrons. The molecule has 0 bridgehead atoms. The topological polar surface area (TPSA) is 23.5 Å². The lowest BCUT2D eigenvalue weighted by atomic mass is 10.1. The van der Waals surface area contributed by atoms with Gasteiger partial charge in [0.1, 0.15) is 11.6 Å². The molecule has 122 valence electrons. The van der Waals surface area contributed by atoms with Crippen molar-refractivity contribution in [2.24, 2.45) is 0 Å². The number of phenols is 1. The molecule has 0 aliphatic carbocycles. The van der Waals surface area contributed by atoms with Gasteiger partial charge in [0.2, 0.25) is 0 Å². The van der Waals surface area contributed by atoms with Crippen molar-refractivity contribution in [3.63, 3.8) is 0 Å². The maximum atomic E-state index is 13.6. The van der Waals surface area contributed by atoms with E-state index in [1.807, 2.05) is 30.3 Å². The largest absolute Gasteiger partial charge is 0.507 e. The van der Waals surface area contributed by atoms with Crippen LogP contribution in [0.25, 0.3) is 0 Å². The quantitative estimate of drug-likeness (QED) is 0.882. The third-order valence-electron chi connectivity index (χ3n) is 4.35. The van der Waals surface area contributed by atoms with Crippen LogP contribution in [0.5, 0.6) is 5.75 Å². The van der Waals surface area contributed by atoms with Crippen LogP contribution in [-0.2, 0) is 6.42 Å². The molecule has 4 heteroatoms. The molecule has 1 saturated heterocycles. The maximum Gasteiger partial charge on any atom is 0.129 e. The van der Waals surface area contributed by atoms with Crippen molar-refractivity contribution in [1.29, 1.82) is 0 Å². The first-order chi connectivity index (χ1) is 11.2. The van der Waals surface area contributed by atoms with E-state index in [0.717, 1.165) is 49.4 Å². The Kier molecular flexibility index (Phi) is 5.57. The summed E-state index contributed by atoms with van der Waals surface area (Å²) in [7, 11) is 0. The van der Waals surface area contributed by atoms with Crippen LogP contribution in [0.4, 0.5) is 4.39 Å². The highest BCUT2D eigenvalue weighted by Gasteiger charge is 2.20. The molecule has 1 heterocycles. The number of piperidine rings is 1. The van der Waals surface area contributed by atoms with Crippen LogP contribution in [0.2, 0.25) is 0 Å². The summed E-state index contributed by atoms with van der Waals surface area (Å²) >= 11 is 1.77. The number of aromatic hydroxyl groups is 1. The van der Waals surface area contributed by atoms with Crippen molar-refractivity contribution in [3.05, 3.63) is 59.9 Å². The maximum absolute atomic E-state index is 13.6. The highest BCUT2D eigenvalue weighted by molar-refractivity contribution is 8.00. The van der Waals surface area contributed by atoms with Crippen molar-refractivity contribution in [3.8, 4) is 5.75 Å². The molecule has 1 fully saturated rings. The summed E-state index contributed by atoms with van der Waals surface area (Å²) in [6.45, 7) is 2.99. The summed E-state index contributed by atoms with van der Waals surface area (Å²) in [5, 5.41) is 10.4. The molecular weight excluding hydrogens is 309 g/mol. The van der Waals surface area contributed by atoms with Gasteiger partial charge in [0.05, 0.1) is 0 Å². The van der Waals surface area contributed by atoms with E-state index in [0.29, 0.717) is 11.0 Å². The first-order valence-corrected chi connectivity index (χ1v) is 9.01. The number of phenolic OH excluding ortho intramolecular Hbond substituents is 1. The Bertz CT molecular complexity index is 641. The van der Waals surface area contributed by atoms with Crippen molar-refractivity contribution in [2.75, 3.05) is 19.6 Å². The molecule has 0 spiro atoms. The zero-order valence-corrected chi connectivity index (χ0v) is 13.9. The predicted octanol–water partition coefficient (Wildman–Crippen LogP) is 4.33. The molecular formula is C19H22FNOS. The SMILES string of the molecule is Oc1ccccc1SC1CCN(CCc2ccccc2F)CC1. The van der Waals surface area contributed by atoms with Gasteiger partial charge in [0.25, 0.3) is 0 Å². The standard InChI is InChI=1S/C19H22FNOS/c20-17-6-2-1-5-15(17)9-12-21-13-10-16(11-14-21)23-19-8-4-3-7-18(19)22/h1-8,16,22H,9-14H2. The highest BCUT2D eigenvalue weighted by atomic mass is 32.2. The lowest BCUT2D eigenvalue weighted by molar-refractivity contribution is 0.235. The number of nitrogens with zero attached hydrogens (tertiary/aromatic N) is 1. The molecule has 0 aromatic heterocycles. The third-order valence-corrected chi connectivity index (χ3v) is 5.75. The summed E-state index contributed by atoms with van der Waals surface area (Å²) in [5.74, 6) is 0.275. The van der Waals surface area contributed by atoms with Crippen molar-refractivity contribution in [2.45, 2.75) is 29.4 Å². The molecule has 1 N–H and O–H groups in total. The van der Waals surface area contributed by atoms with Gasteiger partial charge < -0.3 is 10.0 Å². The van der Waals surface area contributed by atoms with Crippen LogP contribution in [0, 0.1) is 5.82 Å². The van der Waals surface area contributed by atoms with Crippen LogP contribution in [0.3, 0.4) is 0 Å². The van der Waals surface area contributed by atoms with E-state index in [2.05, 4.69) is 4.90 Å². The van der Waals surface area contributed by atoms with Crippen LogP contribution >= 0.6 is 11.8 Å². The van der Waals surface area contributed by atoms with E-state index < -0.39 is 0 Å². The van der Waals surface area contributed by atoms with Crippen molar-refractivity contribution >= 4 is 11.8 Å². The Morgan fingerprint density at radius 2 is 1.74 bits per heavy atom. The Hall–Kier alpha value is -1.52.